The van der Waals surface area contributed by atoms with E-state index in [1.54, 1.807) is 18.5 Å². The average Bonchev–Trinajstić information content (AvgIpc) is 2.96. The van der Waals surface area contributed by atoms with Gasteiger partial charge in [-0.25, -0.2) is 24.0 Å². The van der Waals surface area contributed by atoms with Gasteiger partial charge >= 0.3 is 0 Å². The average molecular weight is 261 g/mol. The van der Waals surface area contributed by atoms with Crippen molar-refractivity contribution in [3.05, 3.63) is 37.0 Å². The summed E-state index contributed by atoms with van der Waals surface area (Å²) in [5, 5.41) is 3.98. The van der Waals surface area contributed by atoms with E-state index in [-0.39, 0.29) is 11.9 Å². The fraction of sp³-hybridized carbons (Fsp3) is 0.333. The predicted molar refractivity (Wildman–Crippen MR) is 64.4 cm³/mol. The predicted octanol–water partition coefficient (Wildman–Crippen LogP) is 1.84. The fourth-order valence-corrected chi connectivity index (χ4v) is 1.90. The van der Waals surface area contributed by atoms with Crippen LogP contribution in [0.25, 0.3) is 5.82 Å². The van der Waals surface area contributed by atoms with Crippen molar-refractivity contribution >= 4 is 0 Å². The van der Waals surface area contributed by atoms with Gasteiger partial charge in [0.05, 0.1) is 5.83 Å². The number of ether oxygens (including phenoxy) is 1. The number of hydrogen-bond donors (Lipinski definition) is 0. The van der Waals surface area contributed by atoms with Gasteiger partial charge in [0, 0.05) is 18.9 Å². The molecule has 1 unspecified atom stereocenters. The first-order valence-electron chi connectivity index (χ1n) is 5.99. The molecule has 1 atom stereocenters. The van der Waals surface area contributed by atoms with Gasteiger partial charge < -0.3 is 4.74 Å². The molecule has 0 radical (unpaired) electrons. The Balaban J connectivity index is 1.73. The summed E-state index contributed by atoms with van der Waals surface area (Å²) in [6, 6.07) is 1.68. The highest BCUT2D eigenvalue weighted by atomic mass is 19.1. The summed E-state index contributed by atoms with van der Waals surface area (Å²) >= 11 is 0. The Bertz CT molecular complexity index is 584. The molecule has 0 spiro atoms. The number of nitrogens with zero attached hydrogens (tertiary/aromatic N) is 5. The molecule has 6 nitrogen and oxygen atoms in total. The minimum absolute atomic E-state index is 0.0435. The molecule has 0 aliphatic heterocycles. The number of aromatic nitrogens is 5. The van der Waals surface area contributed by atoms with Gasteiger partial charge in [0.1, 0.15) is 25.1 Å². The minimum atomic E-state index is -0.0640. The van der Waals surface area contributed by atoms with Gasteiger partial charge in [-0.3, -0.25) is 0 Å². The SMILES string of the molecule is FC1=CCC(Oc2cc(-n3cncn3)ncn2)CC1. The molecular weight excluding hydrogens is 249 g/mol. The van der Waals surface area contributed by atoms with Crippen LogP contribution in [-0.4, -0.2) is 30.8 Å². The maximum atomic E-state index is 12.9. The third-order valence-corrected chi connectivity index (χ3v) is 2.88. The van der Waals surface area contributed by atoms with Crippen LogP contribution in [0, 0.1) is 0 Å². The van der Waals surface area contributed by atoms with Crippen molar-refractivity contribution in [1.82, 2.24) is 24.7 Å². The van der Waals surface area contributed by atoms with Crippen LogP contribution in [0.2, 0.25) is 0 Å². The number of allylic oxidation sites excluding steroid dienone is 1. The summed E-state index contributed by atoms with van der Waals surface area (Å²) in [5.41, 5.74) is 0. The lowest BCUT2D eigenvalue weighted by molar-refractivity contribution is 0.176. The Kier molecular flexibility index (Phi) is 3.18. The lowest BCUT2D eigenvalue weighted by Gasteiger charge is -2.19. The maximum Gasteiger partial charge on any atom is 0.218 e. The van der Waals surface area contributed by atoms with E-state index in [0.717, 1.165) is 0 Å². The molecule has 2 heterocycles. The molecule has 0 saturated carbocycles. The lowest BCUT2D eigenvalue weighted by atomic mass is 10.0. The van der Waals surface area contributed by atoms with Crippen molar-refractivity contribution in [3.8, 4) is 11.7 Å². The second kappa shape index (κ2) is 5.13. The zero-order chi connectivity index (χ0) is 13.1. The molecule has 2 aromatic rings. The maximum absolute atomic E-state index is 12.9. The van der Waals surface area contributed by atoms with Crippen LogP contribution in [0.3, 0.4) is 0 Å². The van der Waals surface area contributed by atoms with Crippen LogP contribution in [0.15, 0.2) is 37.0 Å². The Labute approximate surface area is 109 Å². The monoisotopic (exact) mass is 261 g/mol. The second-order valence-electron chi connectivity index (χ2n) is 4.22. The molecule has 98 valence electrons. The first-order valence-corrected chi connectivity index (χ1v) is 5.99. The van der Waals surface area contributed by atoms with Crippen molar-refractivity contribution < 1.29 is 9.13 Å². The summed E-state index contributed by atoms with van der Waals surface area (Å²) in [6.45, 7) is 0. The van der Waals surface area contributed by atoms with Gasteiger partial charge in [-0.2, -0.15) is 5.10 Å². The molecule has 1 aliphatic carbocycles. The van der Waals surface area contributed by atoms with Crippen molar-refractivity contribution in [1.29, 1.82) is 0 Å². The largest absolute Gasteiger partial charge is 0.474 e. The molecule has 1 aliphatic rings. The standard InChI is InChI=1S/C12H12FN5O/c13-9-1-3-10(4-2-9)19-12-5-11(15-7-16-12)18-8-14-6-17-18/h1,5-8,10H,2-4H2. The van der Waals surface area contributed by atoms with Crippen molar-refractivity contribution in [2.75, 3.05) is 0 Å². The van der Waals surface area contributed by atoms with Gasteiger partial charge in [0.2, 0.25) is 5.88 Å². The third-order valence-electron chi connectivity index (χ3n) is 2.88. The molecular formula is C12H12FN5O. The van der Waals surface area contributed by atoms with E-state index in [0.29, 0.717) is 31.0 Å². The van der Waals surface area contributed by atoms with E-state index in [1.807, 2.05) is 0 Å². The van der Waals surface area contributed by atoms with Crippen molar-refractivity contribution in [2.45, 2.75) is 25.4 Å². The number of hydrogen-bond acceptors (Lipinski definition) is 5. The first-order chi connectivity index (χ1) is 9.31. The Morgan fingerprint density at radius 2 is 2.26 bits per heavy atom. The molecule has 0 saturated heterocycles. The Hall–Kier alpha value is -2.31. The fourth-order valence-electron chi connectivity index (χ4n) is 1.90. The van der Waals surface area contributed by atoms with Crippen molar-refractivity contribution in [2.24, 2.45) is 0 Å². The van der Waals surface area contributed by atoms with E-state index in [9.17, 15) is 4.39 Å². The van der Waals surface area contributed by atoms with E-state index in [1.165, 1.54) is 17.3 Å². The highest BCUT2D eigenvalue weighted by Gasteiger charge is 2.16. The molecule has 7 heteroatoms. The van der Waals surface area contributed by atoms with Crippen LogP contribution >= 0.6 is 0 Å². The number of rotatable bonds is 3. The summed E-state index contributed by atoms with van der Waals surface area (Å²) in [5.74, 6) is 0.979. The Morgan fingerprint density at radius 3 is 3.00 bits per heavy atom. The molecule has 0 N–H and O–H groups in total. The first kappa shape index (κ1) is 11.8. The van der Waals surface area contributed by atoms with E-state index in [4.69, 9.17) is 4.74 Å². The molecule has 2 aromatic heterocycles. The molecule has 0 fully saturated rings. The van der Waals surface area contributed by atoms with Gasteiger partial charge in [-0.05, 0) is 12.5 Å². The zero-order valence-electron chi connectivity index (χ0n) is 10.1. The lowest BCUT2D eigenvalue weighted by Crippen LogP contribution is -2.19. The van der Waals surface area contributed by atoms with Crippen LogP contribution < -0.4 is 4.74 Å². The summed E-state index contributed by atoms with van der Waals surface area (Å²) in [7, 11) is 0. The van der Waals surface area contributed by atoms with E-state index in [2.05, 4.69) is 20.1 Å². The Morgan fingerprint density at radius 1 is 1.32 bits per heavy atom. The minimum Gasteiger partial charge on any atom is -0.474 e. The smallest absolute Gasteiger partial charge is 0.218 e. The van der Waals surface area contributed by atoms with Crippen molar-refractivity contribution in [3.63, 3.8) is 0 Å². The number of halogens is 1. The molecule has 0 bridgehead atoms. The van der Waals surface area contributed by atoms with Crippen LogP contribution in [0.5, 0.6) is 5.88 Å². The molecule has 3 rings (SSSR count). The zero-order valence-corrected chi connectivity index (χ0v) is 10.1. The van der Waals surface area contributed by atoms with Gasteiger partial charge in [0.15, 0.2) is 5.82 Å². The summed E-state index contributed by atoms with van der Waals surface area (Å²) < 4.78 is 20.1. The molecule has 19 heavy (non-hydrogen) atoms. The van der Waals surface area contributed by atoms with Crippen LogP contribution in [0.1, 0.15) is 19.3 Å². The normalized spacial score (nSPS) is 19.0. The topological polar surface area (TPSA) is 65.7 Å². The highest BCUT2D eigenvalue weighted by Crippen LogP contribution is 2.23. The third kappa shape index (κ3) is 2.75. The summed E-state index contributed by atoms with van der Waals surface area (Å²) in [6.07, 6.45) is 7.55. The van der Waals surface area contributed by atoms with Gasteiger partial charge in [0.25, 0.3) is 0 Å². The van der Waals surface area contributed by atoms with Gasteiger partial charge in [-0.1, -0.05) is 0 Å². The van der Waals surface area contributed by atoms with E-state index < -0.39 is 0 Å². The summed E-state index contributed by atoms with van der Waals surface area (Å²) in [4.78, 5) is 12.0. The molecule has 0 amide bonds. The second-order valence-corrected chi connectivity index (χ2v) is 4.22. The van der Waals surface area contributed by atoms with Crippen LogP contribution in [0.4, 0.5) is 4.39 Å². The van der Waals surface area contributed by atoms with E-state index >= 15 is 0 Å². The van der Waals surface area contributed by atoms with Crippen LogP contribution in [-0.2, 0) is 0 Å². The highest BCUT2D eigenvalue weighted by molar-refractivity contribution is 5.25. The van der Waals surface area contributed by atoms with Gasteiger partial charge in [-0.15, -0.1) is 0 Å². The molecule has 0 aromatic carbocycles. The quantitative estimate of drug-likeness (QED) is 0.843.